The van der Waals surface area contributed by atoms with E-state index < -0.39 is 72.8 Å². The molecule has 0 saturated heterocycles. The minimum Gasteiger partial charge on any atom is -0.481 e. The second-order valence-electron chi connectivity index (χ2n) is 8.78. The molecule has 0 fully saturated rings. The highest BCUT2D eigenvalue weighted by Crippen LogP contribution is 2.19. The summed E-state index contributed by atoms with van der Waals surface area (Å²) in [6.07, 6.45) is 1.26. The molecule has 0 aliphatic rings. The molecule has 0 aliphatic heterocycles. The third kappa shape index (κ3) is 8.02. The normalized spacial score (nSPS) is 15.1. The van der Waals surface area contributed by atoms with E-state index >= 15 is 0 Å². The van der Waals surface area contributed by atoms with E-state index in [0.29, 0.717) is 12.0 Å². The highest BCUT2D eigenvalue weighted by Gasteiger charge is 2.33. The van der Waals surface area contributed by atoms with Gasteiger partial charge in [0.15, 0.2) is 0 Å². The number of carbonyl (C=O) groups excluding carboxylic acids is 3. The van der Waals surface area contributed by atoms with E-state index in [1.807, 2.05) is 24.3 Å². The fourth-order valence-electron chi connectivity index (χ4n) is 3.68. The maximum atomic E-state index is 13.2. The number of amides is 3. The molecule has 2 aromatic rings. The molecule has 1 aromatic carbocycles. The lowest BCUT2D eigenvalue weighted by Gasteiger charge is -2.27. The van der Waals surface area contributed by atoms with E-state index in [4.69, 9.17) is 15.9 Å². The van der Waals surface area contributed by atoms with Crippen molar-refractivity contribution in [2.45, 2.75) is 57.3 Å². The van der Waals surface area contributed by atoms with Crippen LogP contribution in [0.15, 0.2) is 30.5 Å². The fraction of sp³-hybridized carbons (Fsp3) is 0.458. The standard InChI is InChI=1S/C24H33N5O8/c1-3-12(2)20(29-22(34)17(9-19(31)32)27-21(33)15(25)11-30)23(35)28-18(24(36)37)8-13-10-26-16-7-5-4-6-14(13)16/h4-7,10,12,15,17-18,20,26,30H,3,8-9,11,25H2,1-2H3,(H,27,33)(H,28,35)(H,29,34)(H,31,32)(H,36,37). The second-order valence-corrected chi connectivity index (χ2v) is 8.78. The molecule has 0 radical (unpaired) electrons. The smallest absolute Gasteiger partial charge is 0.326 e. The molecule has 5 atom stereocenters. The number of carboxylic acid groups (broad SMARTS) is 2. The van der Waals surface area contributed by atoms with Crippen molar-refractivity contribution in [1.82, 2.24) is 20.9 Å². The van der Waals surface area contributed by atoms with Gasteiger partial charge in [0.1, 0.15) is 24.2 Å². The monoisotopic (exact) mass is 519 g/mol. The molecule has 0 spiro atoms. The zero-order valence-corrected chi connectivity index (χ0v) is 20.6. The Morgan fingerprint density at radius 1 is 0.973 bits per heavy atom. The lowest BCUT2D eigenvalue weighted by atomic mass is 9.96. The first kappa shape index (κ1) is 29.3. The molecule has 5 unspecified atom stereocenters. The molecule has 13 heteroatoms. The van der Waals surface area contributed by atoms with E-state index in [1.165, 1.54) is 0 Å². The highest BCUT2D eigenvalue weighted by atomic mass is 16.4. The summed E-state index contributed by atoms with van der Waals surface area (Å²) < 4.78 is 0. The van der Waals surface area contributed by atoms with Crippen LogP contribution in [0.4, 0.5) is 0 Å². The van der Waals surface area contributed by atoms with Crippen molar-refractivity contribution in [3.63, 3.8) is 0 Å². The van der Waals surface area contributed by atoms with Gasteiger partial charge in [-0.25, -0.2) is 4.79 Å². The largest absolute Gasteiger partial charge is 0.481 e. The molecule has 0 aliphatic carbocycles. The highest BCUT2D eigenvalue weighted by molar-refractivity contribution is 5.96. The first-order valence-electron chi connectivity index (χ1n) is 11.8. The Hall–Kier alpha value is -3.97. The predicted octanol–water partition coefficient (Wildman–Crippen LogP) is -0.910. The van der Waals surface area contributed by atoms with Gasteiger partial charge in [-0.15, -0.1) is 0 Å². The van der Waals surface area contributed by atoms with Gasteiger partial charge in [-0.2, -0.15) is 0 Å². The number of carbonyl (C=O) groups is 5. The molecule has 1 aromatic heterocycles. The lowest BCUT2D eigenvalue weighted by molar-refractivity contribution is -0.143. The molecular weight excluding hydrogens is 486 g/mol. The van der Waals surface area contributed by atoms with Gasteiger partial charge in [0.2, 0.25) is 17.7 Å². The molecule has 3 amide bonds. The van der Waals surface area contributed by atoms with Crippen LogP contribution in [-0.2, 0) is 30.4 Å². The number of aliphatic hydroxyl groups excluding tert-OH is 1. The summed E-state index contributed by atoms with van der Waals surface area (Å²) in [5, 5.41) is 35.8. The van der Waals surface area contributed by atoms with Crippen LogP contribution in [0.5, 0.6) is 0 Å². The molecule has 0 bridgehead atoms. The van der Waals surface area contributed by atoms with Crippen LogP contribution in [0.1, 0.15) is 32.3 Å². The van der Waals surface area contributed by atoms with Crippen molar-refractivity contribution in [2.75, 3.05) is 6.61 Å². The maximum Gasteiger partial charge on any atom is 0.326 e. The number of aromatic nitrogens is 1. The molecular formula is C24H33N5O8. The number of H-pyrrole nitrogens is 1. The Morgan fingerprint density at radius 2 is 1.62 bits per heavy atom. The van der Waals surface area contributed by atoms with Crippen molar-refractivity contribution in [2.24, 2.45) is 11.7 Å². The SMILES string of the molecule is CCC(C)C(NC(=O)C(CC(=O)O)NC(=O)C(N)CO)C(=O)NC(Cc1c[nH]c2ccccc12)C(=O)O. The van der Waals surface area contributed by atoms with Gasteiger partial charge < -0.3 is 42.0 Å². The number of rotatable bonds is 14. The summed E-state index contributed by atoms with van der Waals surface area (Å²) in [5.41, 5.74) is 6.91. The molecule has 1 heterocycles. The van der Waals surface area contributed by atoms with Crippen molar-refractivity contribution in [3.05, 3.63) is 36.0 Å². The van der Waals surface area contributed by atoms with Gasteiger partial charge in [0.05, 0.1) is 13.0 Å². The molecule has 2 rings (SSSR count). The number of carboxylic acids is 2. The minimum atomic E-state index is -1.58. The second kappa shape index (κ2) is 13.4. The van der Waals surface area contributed by atoms with E-state index in [0.717, 1.165) is 10.9 Å². The van der Waals surface area contributed by atoms with Gasteiger partial charge >= 0.3 is 11.9 Å². The first-order chi connectivity index (χ1) is 17.5. The van der Waals surface area contributed by atoms with Gasteiger partial charge in [-0.05, 0) is 17.5 Å². The summed E-state index contributed by atoms with van der Waals surface area (Å²) in [6.45, 7) is 2.69. The number of nitrogens with two attached hydrogens (primary N) is 1. The number of hydrogen-bond acceptors (Lipinski definition) is 7. The Balaban J connectivity index is 2.21. The average molecular weight is 520 g/mol. The van der Waals surface area contributed by atoms with Crippen LogP contribution in [0.3, 0.4) is 0 Å². The third-order valence-electron chi connectivity index (χ3n) is 6.05. The summed E-state index contributed by atoms with van der Waals surface area (Å²) in [5.74, 6) is -5.83. The molecule has 9 N–H and O–H groups in total. The Kier molecular flexibility index (Phi) is 10.6. The number of aliphatic hydroxyl groups is 1. The number of aliphatic carboxylic acids is 2. The van der Waals surface area contributed by atoms with Crippen molar-refractivity contribution < 1.29 is 39.3 Å². The number of aromatic amines is 1. The predicted molar refractivity (Wildman–Crippen MR) is 132 cm³/mol. The van der Waals surface area contributed by atoms with Gasteiger partial charge in [0.25, 0.3) is 0 Å². The average Bonchev–Trinajstić information content (AvgIpc) is 3.27. The zero-order valence-electron chi connectivity index (χ0n) is 20.6. The summed E-state index contributed by atoms with van der Waals surface area (Å²) >= 11 is 0. The number of fused-ring (bicyclic) bond motifs is 1. The van der Waals surface area contributed by atoms with Crippen LogP contribution >= 0.6 is 0 Å². The Labute approximate surface area is 212 Å². The molecule has 202 valence electrons. The molecule has 37 heavy (non-hydrogen) atoms. The van der Waals surface area contributed by atoms with E-state index in [2.05, 4.69) is 20.9 Å². The number of para-hydroxylation sites is 1. The van der Waals surface area contributed by atoms with Crippen LogP contribution in [-0.4, -0.2) is 80.7 Å². The number of benzene rings is 1. The van der Waals surface area contributed by atoms with Crippen molar-refractivity contribution in [1.29, 1.82) is 0 Å². The first-order valence-corrected chi connectivity index (χ1v) is 11.8. The number of hydrogen-bond donors (Lipinski definition) is 8. The minimum absolute atomic E-state index is 0.0248. The fourth-order valence-corrected chi connectivity index (χ4v) is 3.68. The van der Waals surface area contributed by atoms with Gasteiger partial charge in [0, 0.05) is 23.5 Å². The van der Waals surface area contributed by atoms with E-state index in [-0.39, 0.29) is 6.42 Å². The van der Waals surface area contributed by atoms with Crippen molar-refractivity contribution in [3.8, 4) is 0 Å². The van der Waals surface area contributed by atoms with Gasteiger partial charge in [-0.1, -0.05) is 38.5 Å². The summed E-state index contributed by atoms with van der Waals surface area (Å²) in [4.78, 5) is 64.3. The molecule has 0 saturated carbocycles. The van der Waals surface area contributed by atoms with Crippen LogP contribution in [0.25, 0.3) is 10.9 Å². The quantitative estimate of drug-likeness (QED) is 0.154. The summed E-state index contributed by atoms with van der Waals surface area (Å²) in [6, 6.07) is 1.81. The third-order valence-corrected chi connectivity index (χ3v) is 6.05. The van der Waals surface area contributed by atoms with Crippen LogP contribution in [0.2, 0.25) is 0 Å². The van der Waals surface area contributed by atoms with E-state index in [1.54, 1.807) is 20.0 Å². The van der Waals surface area contributed by atoms with Crippen LogP contribution < -0.4 is 21.7 Å². The van der Waals surface area contributed by atoms with Gasteiger partial charge in [-0.3, -0.25) is 19.2 Å². The summed E-state index contributed by atoms with van der Waals surface area (Å²) in [7, 11) is 0. The topological polar surface area (TPSA) is 224 Å². The van der Waals surface area contributed by atoms with Crippen LogP contribution in [0, 0.1) is 5.92 Å². The Morgan fingerprint density at radius 3 is 2.22 bits per heavy atom. The number of nitrogens with one attached hydrogen (secondary N) is 4. The van der Waals surface area contributed by atoms with Crippen molar-refractivity contribution >= 4 is 40.6 Å². The Bertz CT molecular complexity index is 1130. The maximum absolute atomic E-state index is 13.2. The van der Waals surface area contributed by atoms with E-state index in [9.17, 15) is 29.1 Å². The lowest BCUT2D eigenvalue weighted by Crippen LogP contribution is -2.59. The zero-order chi connectivity index (χ0) is 27.7. The molecule has 13 nitrogen and oxygen atoms in total.